The van der Waals surface area contributed by atoms with Crippen molar-refractivity contribution in [1.82, 2.24) is 5.32 Å². The molecule has 0 spiro atoms. The summed E-state index contributed by atoms with van der Waals surface area (Å²) in [6.07, 6.45) is 7.23. The molecule has 2 rings (SSSR count). The van der Waals surface area contributed by atoms with Crippen LogP contribution in [0.4, 0.5) is 0 Å². The second kappa shape index (κ2) is 5.31. The van der Waals surface area contributed by atoms with Gasteiger partial charge in [0, 0.05) is 12.6 Å². The molecule has 1 saturated carbocycles. The third-order valence-electron chi connectivity index (χ3n) is 3.92. The van der Waals surface area contributed by atoms with Gasteiger partial charge in [0.25, 0.3) is 0 Å². The molecule has 1 N–H and O–H groups in total. The van der Waals surface area contributed by atoms with Gasteiger partial charge in [-0.25, -0.2) is 0 Å². The van der Waals surface area contributed by atoms with Crippen molar-refractivity contribution < 1.29 is 4.74 Å². The highest BCUT2D eigenvalue weighted by atomic mass is 16.5. The molecule has 0 aromatic heterocycles. The Hall–Kier alpha value is -0.0800. The second-order valence-electron chi connectivity index (χ2n) is 5.46. The topological polar surface area (TPSA) is 21.3 Å². The Morgan fingerprint density at radius 2 is 2.20 bits per heavy atom. The van der Waals surface area contributed by atoms with Gasteiger partial charge in [0.15, 0.2) is 0 Å². The molecule has 2 aliphatic rings. The van der Waals surface area contributed by atoms with Gasteiger partial charge in [-0.3, -0.25) is 0 Å². The van der Waals surface area contributed by atoms with Crippen LogP contribution in [0.3, 0.4) is 0 Å². The SMILES string of the molecule is CCCC1CCC2OCC(C)CNC2C1. The fraction of sp³-hybridized carbons (Fsp3) is 1.00. The molecule has 88 valence electrons. The quantitative estimate of drug-likeness (QED) is 0.758. The highest BCUT2D eigenvalue weighted by molar-refractivity contribution is 4.88. The lowest BCUT2D eigenvalue weighted by atomic mass is 9.81. The van der Waals surface area contributed by atoms with Crippen molar-refractivity contribution in [2.75, 3.05) is 13.2 Å². The maximum absolute atomic E-state index is 5.98. The number of ether oxygens (including phenoxy) is 1. The predicted octanol–water partition coefficient (Wildman–Crippen LogP) is 2.58. The molecule has 1 aliphatic heterocycles. The first-order valence-electron chi connectivity index (χ1n) is 6.64. The summed E-state index contributed by atoms with van der Waals surface area (Å²) in [5, 5.41) is 3.70. The third kappa shape index (κ3) is 2.94. The van der Waals surface area contributed by atoms with Crippen LogP contribution in [0.2, 0.25) is 0 Å². The molecule has 4 atom stereocenters. The first-order valence-corrected chi connectivity index (χ1v) is 6.64. The molecule has 0 aromatic carbocycles. The van der Waals surface area contributed by atoms with Gasteiger partial charge in [0.2, 0.25) is 0 Å². The van der Waals surface area contributed by atoms with Crippen molar-refractivity contribution in [2.24, 2.45) is 11.8 Å². The zero-order valence-corrected chi connectivity index (χ0v) is 10.2. The molecule has 15 heavy (non-hydrogen) atoms. The van der Waals surface area contributed by atoms with Crippen LogP contribution in [0, 0.1) is 11.8 Å². The first kappa shape index (κ1) is 11.4. The third-order valence-corrected chi connectivity index (χ3v) is 3.92. The van der Waals surface area contributed by atoms with Crippen LogP contribution in [0.1, 0.15) is 46.0 Å². The second-order valence-corrected chi connectivity index (χ2v) is 5.46. The van der Waals surface area contributed by atoms with Gasteiger partial charge < -0.3 is 10.1 Å². The number of fused-ring (bicyclic) bond motifs is 1. The van der Waals surface area contributed by atoms with E-state index in [4.69, 9.17) is 4.74 Å². The maximum Gasteiger partial charge on any atom is 0.0728 e. The van der Waals surface area contributed by atoms with Gasteiger partial charge in [-0.15, -0.1) is 0 Å². The summed E-state index contributed by atoms with van der Waals surface area (Å²) in [5.74, 6) is 1.63. The molecule has 0 radical (unpaired) electrons. The van der Waals surface area contributed by atoms with Gasteiger partial charge >= 0.3 is 0 Å². The van der Waals surface area contributed by atoms with Gasteiger partial charge in [0.1, 0.15) is 0 Å². The smallest absolute Gasteiger partial charge is 0.0728 e. The summed E-state index contributed by atoms with van der Waals surface area (Å²) in [6.45, 7) is 6.66. The molecule has 1 aliphatic carbocycles. The Labute approximate surface area is 93.8 Å². The van der Waals surface area contributed by atoms with Crippen molar-refractivity contribution >= 4 is 0 Å². The molecule has 4 unspecified atom stereocenters. The summed E-state index contributed by atoms with van der Waals surface area (Å²) in [4.78, 5) is 0. The van der Waals surface area contributed by atoms with Gasteiger partial charge in [-0.05, 0) is 31.1 Å². The fourth-order valence-corrected chi connectivity index (χ4v) is 3.01. The van der Waals surface area contributed by atoms with Crippen molar-refractivity contribution in [1.29, 1.82) is 0 Å². The van der Waals surface area contributed by atoms with E-state index in [0.717, 1.165) is 19.1 Å². The highest BCUT2D eigenvalue weighted by Gasteiger charge is 2.32. The number of hydrogen-bond acceptors (Lipinski definition) is 2. The number of hydrogen-bond donors (Lipinski definition) is 1. The van der Waals surface area contributed by atoms with E-state index in [-0.39, 0.29) is 0 Å². The lowest BCUT2D eigenvalue weighted by Crippen LogP contribution is -2.44. The van der Waals surface area contributed by atoms with Crippen molar-refractivity contribution in [3.63, 3.8) is 0 Å². The molecular formula is C13H25NO. The van der Waals surface area contributed by atoms with E-state index in [2.05, 4.69) is 19.2 Å². The molecule has 0 bridgehead atoms. The van der Waals surface area contributed by atoms with Gasteiger partial charge in [0.05, 0.1) is 12.7 Å². The summed E-state index contributed by atoms with van der Waals surface area (Å²) in [6, 6.07) is 0.639. The Morgan fingerprint density at radius 3 is 3.00 bits per heavy atom. The molecule has 2 fully saturated rings. The molecule has 2 nitrogen and oxygen atoms in total. The number of nitrogens with one attached hydrogen (secondary N) is 1. The van der Waals surface area contributed by atoms with E-state index in [1.54, 1.807) is 0 Å². The van der Waals surface area contributed by atoms with E-state index in [1.807, 2.05) is 0 Å². The first-order chi connectivity index (χ1) is 7.29. The predicted molar refractivity (Wildman–Crippen MR) is 62.9 cm³/mol. The Bertz CT molecular complexity index is 195. The zero-order valence-electron chi connectivity index (χ0n) is 10.2. The average molecular weight is 211 g/mol. The molecule has 2 heteroatoms. The monoisotopic (exact) mass is 211 g/mol. The van der Waals surface area contributed by atoms with Crippen LogP contribution in [-0.4, -0.2) is 25.3 Å². The van der Waals surface area contributed by atoms with Crippen LogP contribution in [0.15, 0.2) is 0 Å². The van der Waals surface area contributed by atoms with Crippen LogP contribution in [0.5, 0.6) is 0 Å². The minimum atomic E-state index is 0.503. The van der Waals surface area contributed by atoms with Gasteiger partial charge in [-0.1, -0.05) is 26.7 Å². The zero-order chi connectivity index (χ0) is 10.7. The summed E-state index contributed by atoms with van der Waals surface area (Å²) in [5.41, 5.74) is 0. The van der Waals surface area contributed by atoms with E-state index in [0.29, 0.717) is 18.1 Å². The van der Waals surface area contributed by atoms with Crippen LogP contribution in [-0.2, 0) is 4.74 Å². The highest BCUT2D eigenvalue weighted by Crippen LogP contribution is 2.31. The Balaban J connectivity index is 1.88. The largest absolute Gasteiger partial charge is 0.376 e. The lowest BCUT2D eigenvalue weighted by molar-refractivity contribution is 0.000492. The van der Waals surface area contributed by atoms with Crippen LogP contribution in [0.25, 0.3) is 0 Å². The fourth-order valence-electron chi connectivity index (χ4n) is 3.01. The molecular weight excluding hydrogens is 186 g/mol. The van der Waals surface area contributed by atoms with Gasteiger partial charge in [-0.2, -0.15) is 0 Å². The standard InChI is InChI=1S/C13H25NO/c1-3-4-11-5-6-13-12(7-11)14-8-10(2)9-15-13/h10-14H,3-9H2,1-2H3. The lowest BCUT2D eigenvalue weighted by Gasteiger charge is -2.35. The molecule has 1 saturated heterocycles. The normalized spacial score (nSPS) is 42.0. The maximum atomic E-state index is 5.98. The van der Waals surface area contributed by atoms with E-state index >= 15 is 0 Å². The number of rotatable bonds is 2. The molecule has 0 amide bonds. The van der Waals surface area contributed by atoms with Crippen molar-refractivity contribution in [3.8, 4) is 0 Å². The van der Waals surface area contributed by atoms with Crippen LogP contribution >= 0.6 is 0 Å². The molecule has 0 aromatic rings. The van der Waals surface area contributed by atoms with E-state index in [9.17, 15) is 0 Å². The average Bonchev–Trinajstić information content (AvgIpc) is 2.42. The van der Waals surface area contributed by atoms with Crippen molar-refractivity contribution in [3.05, 3.63) is 0 Å². The van der Waals surface area contributed by atoms with Crippen LogP contribution < -0.4 is 5.32 Å². The minimum absolute atomic E-state index is 0.503. The summed E-state index contributed by atoms with van der Waals surface area (Å²) < 4.78 is 5.98. The Morgan fingerprint density at radius 1 is 1.33 bits per heavy atom. The minimum Gasteiger partial charge on any atom is -0.376 e. The summed E-state index contributed by atoms with van der Waals surface area (Å²) >= 11 is 0. The van der Waals surface area contributed by atoms with E-state index < -0.39 is 0 Å². The summed E-state index contributed by atoms with van der Waals surface area (Å²) in [7, 11) is 0. The molecule has 1 heterocycles. The Kier molecular flexibility index (Phi) is 4.04. The van der Waals surface area contributed by atoms with Crippen molar-refractivity contribution in [2.45, 2.75) is 58.1 Å². The van der Waals surface area contributed by atoms with E-state index in [1.165, 1.54) is 32.1 Å².